The highest BCUT2D eigenvalue weighted by Crippen LogP contribution is 2.58. The number of rotatable bonds is 7. The first-order valence-corrected chi connectivity index (χ1v) is 14.6. The average Bonchev–Trinajstić information content (AvgIpc) is 3.68. The molecule has 0 radical (unpaired) electrons. The predicted molar refractivity (Wildman–Crippen MR) is 137 cm³/mol. The van der Waals surface area contributed by atoms with Crippen LogP contribution in [0.5, 0.6) is 0 Å². The number of ether oxygens (including phenoxy) is 2. The van der Waals surface area contributed by atoms with Crippen molar-refractivity contribution in [2.75, 3.05) is 24.7 Å². The van der Waals surface area contributed by atoms with E-state index in [2.05, 4.69) is 35.2 Å². The van der Waals surface area contributed by atoms with Crippen LogP contribution in [0.3, 0.4) is 0 Å². The van der Waals surface area contributed by atoms with Crippen molar-refractivity contribution in [3.8, 4) is 0 Å². The standard InChI is InChI=1S/C19H22F2N11O7PS/c20-7-5(1-33)38-18(31-4-26-10-15(31)27-19(23)28-16(10)35)12(7)40(36,41)37-2-6-11(34)8(21)17(39-6)32-14-9(29-30-32)13(22)24-3-25-14/h3-8,11-12,17-18,33-34H,1-2H2,(H,36,41)(H2,22,24,25)(H3,23,27,28,35)/t5-,6-,7+,8+,11-,12-,17-,18?,40?/m1/s1. The van der Waals surface area contributed by atoms with Crippen molar-refractivity contribution in [3.05, 3.63) is 23.0 Å². The van der Waals surface area contributed by atoms with E-state index in [0.29, 0.717) is 0 Å². The average molecular weight is 617 g/mol. The highest BCUT2D eigenvalue weighted by atomic mass is 32.5. The predicted octanol–water partition coefficient (Wildman–Crippen LogP) is -1.97. The minimum atomic E-state index is -4.23. The number of H-pyrrole nitrogens is 1. The Hall–Kier alpha value is -3.30. The summed E-state index contributed by atoms with van der Waals surface area (Å²) in [5.41, 5.74) is 9.00. The zero-order valence-electron chi connectivity index (χ0n) is 20.5. The zero-order chi connectivity index (χ0) is 29.2. The second-order valence-corrected chi connectivity index (χ2v) is 12.8. The van der Waals surface area contributed by atoms with E-state index in [1.54, 1.807) is 0 Å². The molecule has 0 aromatic carbocycles. The molecule has 2 fully saturated rings. The van der Waals surface area contributed by atoms with E-state index in [4.69, 9.17) is 37.3 Å². The number of hydrogen-bond donors (Lipinski definition) is 6. The Morgan fingerprint density at radius 2 is 1.88 bits per heavy atom. The molecular weight excluding hydrogens is 595 g/mol. The third-order valence-corrected chi connectivity index (χ3v) is 9.68. The minimum absolute atomic E-state index is 0.000445. The SMILES string of the molecule is Nc1nc2c(ncn2C2O[C@H](CO)[C@H](F)[C@H]2P(O)(=S)OC[C@H]2O[C@@H](n3nnc4c(N)ncnc43)[C@@H](F)[C@@H]2O)c(=O)[nH]1. The van der Waals surface area contributed by atoms with Crippen molar-refractivity contribution in [3.63, 3.8) is 0 Å². The number of nitrogens with one attached hydrogen (secondary N) is 1. The van der Waals surface area contributed by atoms with Gasteiger partial charge in [-0.05, 0) is 11.8 Å². The summed E-state index contributed by atoms with van der Waals surface area (Å²) in [6, 6.07) is 0. The maximum atomic E-state index is 15.5. The van der Waals surface area contributed by atoms with Crippen LogP contribution in [0.2, 0.25) is 0 Å². The minimum Gasteiger partial charge on any atom is -0.394 e. The lowest BCUT2D eigenvalue weighted by Crippen LogP contribution is -2.34. The van der Waals surface area contributed by atoms with Crippen LogP contribution in [0.4, 0.5) is 20.5 Å². The van der Waals surface area contributed by atoms with E-state index < -0.39 is 74.0 Å². The summed E-state index contributed by atoms with van der Waals surface area (Å²) < 4.78 is 49.5. The Kier molecular flexibility index (Phi) is 6.93. The molecule has 22 heteroatoms. The van der Waals surface area contributed by atoms with Crippen LogP contribution in [0, 0.1) is 0 Å². The summed E-state index contributed by atoms with van der Waals surface area (Å²) >= 11 is 5.30. The number of imidazole rings is 1. The lowest BCUT2D eigenvalue weighted by Gasteiger charge is -2.29. The summed E-state index contributed by atoms with van der Waals surface area (Å²) in [5.74, 6) is -0.259. The van der Waals surface area contributed by atoms with Gasteiger partial charge < -0.3 is 40.6 Å². The monoisotopic (exact) mass is 617 g/mol. The van der Waals surface area contributed by atoms with Crippen molar-refractivity contribution in [1.82, 2.24) is 44.5 Å². The van der Waals surface area contributed by atoms with Crippen LogP contribution in [-0.4, -0.2) is 109 Å². The zero-order valence-corrected chi connectivity index (χ0v) is 22.2. The van der Waals surface area contributed by atoms with Gasteiger partial charge in [-0.1, -0.05) is 5.21 Å². The molecule has 0 saturated carbocycles. The molecule has 8 N–H and O–H groups in total. The van der Waals surface area contributed by atoms with Crippen molar-refractivity contribution in [2.24, 2.45) is 0 Å². The summed E-state index contributed by atoms with van der Waals surface area (Å²) in [5, 5.41) is 27.8. The van der Waals surface area contributed by atoms with Crippen LogP contribution >= 0.6 is 6.49 Å². The number of nitrogen functional groups attached to an aromatic ring is 2. The second kappa shape index (κ2) is 10.2. The molecule has 0 bridgehead atoms. The summed E-state index contributed by atoms with van der Waals surface area (Å²) in [7, 11) is 0. The molecule has 0 spiro atoms. The van der Waals surface area contributed by atoms with Gasteiger partial charge in [0.25, 0.3) is 5.56 Å². The Bertz CT molecular complexity index is 1720. The first kappa shape index (κ1) is 27.8. The first-order chi connectivity index (χ1) is 19.5. The summed E-state index contributed by atoms with van der Waals surface area (Å²) in [4.78, 5) is 41.5. The van der Waals surface area contributed by atoms with Gasteiger partial charge in [-0.2, -0.15) is 9.67 Å². The molecule has 2 aliphatic rings. The normalized spacial score (nSPS) is 31.7. The Morgan fingerprint density at radius 1 is 1.12 bits per heavy atom. The van der Waals surface area contributed by atoms with Gasteiger partial charge in [-0.25, -0.2) is 23.7 Å². The van der Waals surface area contributed by atoms with Crippen molar-refractivity contribution in [2.45, 2.75) is 48.8 Å². The number of aromatic amines is 1. The summed E-state index contributed by atoms with van der Waals surface area (Å²) in [6.45, 7) is -5.66. The van der Waals surface area contributed by atoms with Crippen molar-refractivity contribution < 1.29 is 37.9 Å². The van der Waals surface area contributed by atoms with E-state index in [0.717, 1.165) is 21.9 Å². The van der Waals surface area contributed by atoms with Crippen LogP contribution in [0.25, 0.3) is 22.3 Å². The largest absolute Gasteiger partial charge is 0.394 e. The molecule has 0 aliphatic carbocycles. The fraction of sp³-hybridized carbons (Fsp3) is 0.526. The van der Waals surface area contributed by atoms with Gasteiger partial charge in [0.05, 0.1) is 19.5 Å². The summed E-state index contributed by atoms with van der Waals surface area (Å²) in [6.07, 6.45) is -9.36. The maximum absolute atomic E-state index is 15.5. The third-order valence-electron chi connectivity index (χ3n) is 6.82. The number of halogens is 2. The molecule has 4 aromatic heterocycles. The van der Waals surface area contributed by atoms with Gasteiger partial charge in [0.15, 0.2) is 53.3 Å². The van der Waals surface area contributed by atoms with E-state index in [1.165, 1.54) is 0 Å². The maximum Gasteiger partial charge on any atom is 0.280 e. The van der Waals surface area contributed by atoms with Gasteiger partial charge >= 0.3 is 0 Å². The Balaban J connectivity index is 1.25. The number of alkyl halides is 2. The molecule has 2 aliphatic heterocycles. The Morgan fingerprint density at radius 3 is 2.63 bits per heavy atom. The van der Waals surface area contributed by atoms with Crippen LogP contribution in [0.1, 0.15) is 12.5 Å². The van der Waals surface area contributed by atoms with Crippen molar-refractivity contribution in [1.29, 1.82) is 0 Å². The number of aliphatic hydroxyl groups excluding tert-OH is 2. The van der Waals surface area contributed by atoms with Crippen LogP contribution in [-0.2, 0) is 25.8 Å². The topological polar surface area (TPSA) is 260 Å². The van der Waals surface area contributed by atoms with E-state index in [1.807, 2.05) is 0 Å². The second-order valence-electron chi connectivity index (χ2n) is 9.28. The molecule has 6 rings (SSSR count). The van der Waals surface area contributed by atoms with Crippen LogP contribution in [0.15, 0.2) is 17.4 Å². The molecular formula is C19H22F2N11O7PS. The Labute approximate surface area is 231 Å². The van der Waals surface area contributed by atoms with Gasteiger partial charge in [-0.3, -0.25) is 14.3 Å². The first-order valence-electron chi connectivity index (χ1n) is 11.9. The molecule has 41 heavy (non-hydrogen) atoms. The molecule has 0 amide bonds. The molecule has 6 heterocycles. The van der Waals surface area contributed by atoms with E-state index in [9.17, 15) is 19.9 Å². The fourth-order valence-corrected chi connectivity index (χ4v) is 7.28. The van der Waals surface area contributed by atoms with E-state index in [-0.39, 0.29) is 34.1 Å². The number of nitrogens with zero attached hydrogens (tertiary/aromatic N) is 8. The number of hydrogen-bond acceptors (Lipinski definition) is 15. The molecule has 2 saturated heterocycles. The molecule has 220 valence electrons. The smallest absolute Gasteiger partial charge is 0.280 e. The molecule has 18 nitrogen and oxygen atoms in total. The highest BCUT2D eigenvalue weighted by Gasteiger charge is 2.54. The lowest BCUT2D eigenvalue weighted by molar-refractivity contribution is -0.0477. The quantitative estimate of drug-likeness (QED) is 0.123. The number of fused-ring (bicyclic) bond motifs is 2. The fourth-order valence-electron chi connectivity index (χ4n) is 4.81. The van der Waals surface area contributed by atoms with Gasteiger partial charge in [0.1, 0.15) is 36.5 Å². The highest BCUT2D eigenvalue weighted by molar-refractivity contribution is 8.09. The molecule has 9 atom stereocenters. The number of nitrogens with two attached hydrogens (primary N) is 2. The van der Waals surface area contributed by atoms with Gasteiger partial charge in [0.2, 0.25) is 5.95 Å². The van der Waals surface area contributed by atoms with Gasteiger partial charge in [-0.15, -0.1) is 5.10 Å². The lowest BCUT2D eigenvalue weighted by atomic mass is 10.1. The third kappa shape index (κ3) is 4.54. The molecule has 2 unspecified atom stereocenters. The number of aliphatic hydroxyl groups is 2. The number of aromatic nitrogens is 9. The number of anilines is 2. The van der Waals surface area contributed by atoms with Crippen LogP contribution < -0.4 is 17.0 Å². The van der Waals surface area contributed by atoms with E-state index >= 15 is 8.78 Å². The van der Waals surface area contributed by atoms with Crippen molar-refractivity contribution >= 4 is 52.4 Å². The molecule has 4 aromatic rings. The van der Waals surface area contributed by atoms with Gasteiger partial charge in [0, 0.05) is 0 Å².